The molecule has 0 rings (SSSR count). The van der Waals surface area contributed by atoms with Crippen LogP contribution < -0.4 is 16.4 Å². The number of carbonyl (C=O) groups excluding carboxylic acids is 3. The van der Waals surface area contributed by atoms with Crippen molar-refractivity contribution in [2.45, 2.75) is 78.5 Å². The lowest BCUT2D eigenvalue weighted by Crippen LogP contribution is -2.55. The van der Waals surface area contributed by atoms with Crippen molar-refractivity contribution in [2.24, 2.45) is 11.7 Å². The van der Waals surface area contributed by atoms with Gasteiger partial charge in [-0.2, -0.15) is 0 Å². The summed E-state index contributed by atoms with van der Waals surface area (Å²) in [6, 6.07) is -0.289. The Hall–Kier alpha value is -1.67. The van der Waals surface area contributed by atoms with Crippen molar-refractivity contribution in [3.8, 4) is 0 Å². The van der Waals surface area contributed by atoms with E-state index < -0.39 is 17.6 Å². The van der Waals surface area contributed by atoms with Crippen LogP contribution in [0, 0.1) is 5.92 Å². The fourth-order valence-electron chi connectivity index (χ4n) is 2.54. The van der Waals surface area contributed by atoms with Crippen LogP contribution in [0.4, 0.5) is 0 Å². The topological polar surface area (TPSA) is 114 Å². The molecule has 0 heterocycles. The van der Waals surface area contributed by atoms with Gasteiger partial charge in [-0.05, 0) is 19.8 Å². The second-order valence-electron chi connectivity index (χ2n) is 7.64. The van der Waals surface area contributed by atoms with Gasteiger partial charge < -0.3 is 26.0 Å². The Balaban J connectivity index is 0. The van der Waals surface area contributed by atoms with Gasteiger partial charge in [-0.1, -0.05) is 40.5 Å². The van der Waals surface area contributed by atoms with Crippen molar-refractivity contribution >= 4 is 17.7 Å². The highest BCUT2D eigenvalue weighted by Gasteiger charge is 2.34. The summed E-state index contributed by atoms with van der Waals surface area (Å²) in [6.07, 6.45) is 1.78. The molecule has 166 valence electrons. The molecule has 0 fully saturated rings. The van der Waals surface area contributed by atoms with E-state index in [1.54, 1.807) is 32.8 Å². The second kappa shape index (κ2) is 14.3. The minimum Gasteiger partial charge on any atom is -0.379 e. The van der Waals surface area contributed by atoms with Crippen LogP contribution in [0.15, 0.2) is 0 Å². The summed E-state index contributed by atoms with van der Waals surface area (Å²) in [6.45, 7) is 11.3. The van der Waals surface area contributed by atoms with Crippen LogP contribution in [0.25, 0.3) is 0 Å². The number of ether oxygens (including phenoxy) is 1. The minimum atomic E-state index is -1.05. The molecule has 0 radical (unpaired) electrons. The van der Waals surface area contributed by atoms with Crippen molar-refractivity contribution in [2.75, 3.05) is 27.7 Å². The van der Waals surface area contributed by atoms with E-state index in [0.29, 0.717) is 0 Å². The molecular weight excluding hydrogens is 360 g/mol. The van der Waals surface area contributed by atoms with Crippen LogP contribution in [0.1, 0.15) is 60.8 Å². The van der Waals surface area contributed by atoms with E-state index in [4.69, 9.17) is 10.5 Å². The molecule has 8 nitrogen and oxygen atoms in total. The summed E-state index contributed by atoms with van der Waals surface area (Å²) in [7, 11) is 4.75. The largest absolute Gasteiger partial charge is 0.379 e. The van der Waals surface area contributed by atoms with Crippen LogP contribution in [0.5, 0.6) is 0 Å². The van der Waals surface area contributed by atoms with Crippen LogP contribution in [-0.4, -0.2) is 68.1 Å². The Morgan fingerprint density at radius 2 is 1.68 bits per heavy atom. The maximum Gasteiger partial charge on any atom is 0.242 e. The first-order valence-corrected chi connectivity index (χ1v) is 9.97. The fourth-order valence-corrected chi connectivity index (χ4v) is 2.54. The van der Waals surface area contributed by atoms with Gasteiger partial charge in [0.05, 0.1) is 30.7 Å². The van der Waals surface area contributed by atoms with E-state index >= 15 is 0 Å². The number of hydrogen-bond acceptors (Lipinski definition) is 5. The highest BCUT2D eigenvalue weighted by atomic mass is 16.5. The second-order valence-corrected chi connectivity index (χ2v) is 7.64. The fraction of sp³-hybridized carbons (Fsp3) is 0.850. The lowest BCUT2D eigenvalue weighted by molar-refractivity contribution is -0.139. The van der Waals surface area contributed by atoms with Crippen LogP contribution in [0.3, 0.4) is 0 Å². The summed E-state index contributed by atoms with van der Waals surface area (Å²) >= 11 is 0. The zero-order chi connectivity index (χ0) is 22.5. The van der Waals surface area contributed by atoms with Gasteiger partial charge in [0.25, 0.3) is 0 Å². The first-order valence-electron chi connectivity index (χ1n) is 9.97. The van der Waals surface area contributed by atoms with Crippen molar-refractivity contribution in [1.82, 2.24) is 15.5 Å². The van der Waals surface area contributed by atoms with E-state index in [-0.39, 0.29) is 36.7 Å². The van der Waals surface area contributed by atoms with E-state index in [9.17, 15) is 14.4 Å². The highest BCUT2D eigenvalue weighted by molar-refractivity contribution is 5.89. The molecule has 8 heteroatoms. The predicted octanol–water partition coefficient (Wildman–Crippen LogP) is 1.28. The first kappa shape index (κ1) is 28.5. The molecule has 28 heavy (non-hydrogen) atoms. The molecule has 0 saturated heterocycles. The molecule has 0 aromatic heterocycles. The van der Waals surface area contributed by atoms with Crippen LogP contribution in [-0.2, 0) is 19.1 Å². The average molecular weight is 403 g/mol. The molecule has 0 aliphatic carbocycles. The number of rotatable bonds is 10. The third kappa shape index (κ3) is 10.6. The zero-order valence-corrected chi connectivity index (χ0v) is 19.2. The van der Waals surface area contributed by atoms with E-state index in [1.165, 1.54) is 13.5 Å². The van der Waals surface area contributed by atoms with E-state index in [0.717, 1.165) is 6.42 Å². The third-order valence-electron chi connectivity index (χ3n) is 4.40. The molecule has 0 spiro atoms. The lowest BCUT2D eigenvalue weighted by atomic mass is 9.91. The van der Waals surface area contributed by atoms with Crippen molar-refractivity contribution in [3.63, 3.8) is 0 Å². The predicted molar refractivity (Wildman–Crippen MR) is 113 cm³/mol. The molecule has 0 aromatic rings. The van der Waals surface area contributed by atoms with Gasteiger partial charge in [0, 0.05) is 21.2 Å². The van der Waals surface area contributed by atoms with Gasteiger partial charge in [0.15, 0.2) is 0 Å². The monoisotopic (exact) mass is 402 g/mol. The number of nitrogens with zero attached hydrogens (tertiary/aromatic N) is 1. The lowest BCUT2D eigenvalue weighted by Gasteiger charge is -2.37. The molecule has 3 unspecified atom stereocenters. The van der Waals surface area contributed by atoms with Crippen LogP contribution in [0.2, 0.25) is 0 Å². The standard InChI is InChI=1S/C17H34N4O4.C3H8/c1-8-11(2)15(12(25-7)9-13(22)19-5)21(6)14(23)10-20-16(24)17(3,4)18;1-3-2/h11-12,15H,8-10,18H2,1-7H3,(H,19,22)(H,20,24);3H2,1-2H3. The summed E-state index contributed by atoms with van der Waals surface area (Å²) in [4.78, 5) is 37.7. The number of hydrogen-bond donors (Lipinski definition) is 3. The quantitative estimate of drug-likeness (QED) is 0.509. The Morgan fingerprint density at radius 1 is 1.18 bits per heavy atom. The number of nitrogens with two attached hydrogens (primary N) is 1. The normalized spacial score (nSPS) is 14.1. The number of amides is 3. The van der Waals surface area contributed by atoms with Crippen molar-refractivity contribution < 1.29 is 19.1 Å². The molecule has 4 N–H and O–H groups in total. The van der Waals surface area contributed by atoms with Crippen LogP contribution >= 0.6 is 0 Å². The Labute approximate surface area is 170 Å². The number of methoxy groups -OCH3 is 1. The minimum absolute atomic E-state index is 0.116. The van der Waals surface area contributed by atoms with Crippen molar-refractivity contribution in [1.29, 1.82) is 0 Å². The van der Waals surface area contributed by atoms with Crippen molar-refractivity contribution in [3.05, 3.63) is 0 Å². The first-order chi connectivity index (χ1) is 12.9. The molecule has 0 aromatic carbocycles. The van der Waals surface area contributed by atoms with Gasteiger partial charge >= 0.3 is 0 Å². The van der Waals surface area contributed by atoms with Gasteiger partial charge in [-0.3, -0.25) is 14.4 Å². The molecule has 0 aliphatic rings. The van der Waals surface area contributed by atoms with Gasteiger partial charge in [-0.25, -0.2) is 0 Å². The third-order valence-corrected chi connectivity index (χ3v) is 4.40. The molecular formula is C20H42N4O4. The number of nitrogens with one attached hydrogen (secondary N) is 2. The molecule has 3 atom stereocenters. The Bertz CT molecular complexity index is 477. The summed E-state index contributed by atoms with van der Waals surface area (Å²) < 4.78 is 5.50. The molecule has 0 bridgehead atoms. The molecule has 0 aliphatic heterocycles. The molecule has 3 amide bonds. The summed E-state index contributed by atoms with van der Waals surface area (Å²) in [5, 5.41) is 5.12. The average Bonchev–Trinajstić information content (AvgIpc) is 2.64. The molecule has 0 saturated carbocycles. The van der Waals surface area contributed by atoms with E-state index in [2.05, 4.69) is 24.5 Å². The maximum atomic E-state index is 12.5. The Morgan fingerprint density at radius 3 is 2.04 bits per heavy atom. The zero-order valence-electron chi connectivity index (χ0n) is 19.2. The van der Waals surface area contributed by atoms with Gasteiger partial charge in [0.1, 0.15) is 0 Å². The summed E-state index contributed by atoms with van der Waals surface area (Å²) in [5.41, 5.74) is 4.66. The smallest absolute Gasteiger partial charge is 0.242 e. The maximum absolute atomic E-state index is 12.5. The summed E-state index contributed by atoms with van der Waals surface area (Å²) in [5.74, 6) is -0.700. The van der Waals surface area contributed by atoms with E-state index in [1.807, 2.05) is 13.8 Å². The number of likely N-dealkylation sites (N-methyl/N-ethyl adjacent to an activating group) is 1. The van der Waals surface area contributed by atoms with Gasteiger partial charge in [-0.15, -0.1) is 0 Å². The van der Waals surface area contributed by atoms with Gasteiger partial charge in [0.2, 0.25) is 17.7 Å². The number of carbonyl (C=O) groups is 3. The highest BCUT2D eigenvalue weighted by Crippen LogP contribution is 2.21. The SMILES string of the molecule is CCC.CCC(C)C(C(CC(=O)NC)OC)N(C)C(=O)CNC(=O)C(C)(C)N. The Kier molecular flexibility index (Phi) is 14.6.